The molecule has 2 heterocycles. The molecule has 1 aromatic rings. The lowest BCUT2D eigenvalue weighted by molar-refractivity contribution is -0.0550. The Kier molecular flexibility index (Phi) is 4.19. The molecule has 0 radical (unpaired) electrons. The van der Waals surface area contributed by atoms with Crippen LogP contribution < -0.4 is 11.4 Å². The zero-order valence-corrected chi connectivity index (χ0v) is 10.7. The van der Waals surface area contributed by atoms with Gasteiger partial charge in [0.05, 0.1) is 6.61 Å². The highest BCUT2D eigenvalue weighted by Crippen LogP contribution is 2.28. The maximum absolute atomic E-state index is 11.8. The topological polar surface area (TPSA) is 131 Å². The normalized spacial score (nSPS) is 29.6. The lowest BCUT2D eigenvalue weighted by Crippen LogP contribution is -2.36. The van der Waals surface area contributed by atoms with Crippen molar-refractivity contribution in [3.63, 3.8) is 0 Å². The Labute approximate surface area is 114 Å². The summed E-state index contributed by atoms with van der Waals surface area (Å²) in [6.07, 6.45) is -1.29. The van der Waals surface area contributed by atoms with Gasteiger partial charge in [0.2, 0.25) is 0 Å². The van der Waals surface area contributed by atoms with Crippen molar-refractivity contribution in [1.82, 2.24) is 9.55 Å². The molecule has 8 nitrogen and oxygen atoms in total. The fourth-order valence-corrected chi connectivity index (χ4v) is 2.13. The molecule has 1 aliphatic heterocycles. The van der Waals surface area contributed by atoms with E-state index in [1.165, 1.54) is 6.20 Å². The number of ether oxygens (including phenoxy) is 1. The van der Waals surface area contributed by atoms with Crippen LogP contribution in [0.2, 0.25) is 0 Å². The van der Waals surface area contributed by atoms with Gasteiger partial charge in [-0.05, 0) is 6.42 Å². The molecule has 0 bridgehead atoms. The molecule has 1 aromatic heterocycles. The molecule has 0 unspecified atom stereocenters. The van der Waals surface area contributed by atoms with Crippen molar-refractivity contribution in [2.75, 3.05) is 12.3 Å². The number of nitrogens with two attached hydrogens (primary N) is 1. The smallest absolute Gasteiger partial charge is 0.351 e. The molecule has 4 atom stereocenters. The van der Waals surface area contributed by atoms with Gasteiger partial charge in [0.15, 0.2) is 6.23 Å². The van der Waals surface area contributed by atoms with E-state index in [9.17, 15) is 15.0 Å². The van der Waals surface area contributed by atoms with Crippen LogP contribution in [0, 0.1) is 0 Å². The van der Waals surface area contributed by atoms with Crippen LogP contribution >= 0.6 is 0 Å². The second kappa shape index (κ2) is 5.71. The van der Waals surface area contributed by atoms with E-state index in [1.54, 1.807) is 6.08 Å². The Balaban J connectivity index is 2.40. The van der Waals surface area contributed by atoms with E-state index in [0.717, 1.165) is 4.57 Å². The lowest BCUT2D eigenvalue weighted by Gasteiger charge is -2.18. The molecular formula is C12H17N3O5. The van der Waals surface area contributed by atoms with E-state index in [1.807, 2.05) is 0 Å². The molecular weight excluding hydrogens is 266 g/mol. The van der Waals surface area contributed by atoms with Gasteiger partial charge in [-0.3, -0.25) is 4.57 Å². The summed E-state index contributed by atoms with van der Waals surface area (Å²) >= 11 is 0. The summed E-state index contributed by atoms with van der Waals surface area (Å²) in [6, 6.07) is 0. The van der Waals surface area contributed by atoms with Crippen LogP contribution in [0.5, 0.6) is 0 Å². The second-order valence-electron chi connectivity index (χ2n) is 4.56. The Morgan fingerprint density at radius 2 is 2.20 bits per heavy atom. The first-order valence-corrected chi connectivity index (χ1v) is 6.10. The maximum atomic E-state index is 11.8. The number of aromatic nitrogens is 2. The van der Waals surface area contributed by atoms with E-state index in [0.29, 0.717) is 12.0 Å². The second-order valence-corrected chi connectivity index (χ2v) is 4.56. The van der Waals surface area contributed by atoms with Gasteiger partial charge in [0, 0.05) is 11.8 Å². The van der Waals surface area contributed by atoms with E-state index in [2.05, 4.69) is 11.6 Å². The fraction of sp³-hybridized carbons (Fsp3) is 0.500. The van der Waals surface area contributed by atoms with E-state index < -0.39 is 36.8 Å². The molecule has 110 valence electrons. The molecule has 0 aliphatic carbocycles. The molecule has 0 amide bonds. The highest BCUT2D eigenvalue weighted by Gasteiger charge is 2.43. The van der Waals surface area contributed by atoms with Gasteiger partial charge < -0.3 is 25.8 Å². The number of anilines is 1. The molecule has 1 saturated heterocycles. The third-order valence-electron chi connectivity index (χ3n) is 3.22. The lowest BCUT2D eigenvalue weighted by atomic mass is 10.1. The Morgan fingerprint density at radius 1 is 1.50 bits per heavy atom. The molecule has 20 heavy (non-hydrogen) atoms. The van der Waals surface area contributed by atoms with Gasteiger partial charge in [0.1, 0.15) is 24.1 Å². The fourth-order valence-electron chi connectivity index (χ4n) is 2.13. The van der Waals surface area contributed by atoms with Crippen LogP contribution in [0.25, 0.3) is 0 Å². The molecule has 0 saturated carbocycles. The number of nitrogens with zero attached hydrogens (tertiary/aromatic N) is 2. The third kappa shape index (κ3) is 2.46. The van der Waals surface area contributed by atoms with Crippen molar-refractivity contribution in [2.45, 2.75) is 31.0 Å². The zero-order chi connectivity index (χ0) is 14.9. The van der Waals surface area contributed by atoms with Crippen LogP contribution in [0.1, 0.15) is 11.8 Å². The minimum atomic E-state index is -1.34. The molecule has 2 rings (SSSR count). The number of aliphatic hydroxyl groups excluding tert-OH is 3. The predicted octanol–water partition coefficient (Wildman–Crippen LogP) is -1.83. The number of rotatable bonds is 4. The van der Waals surface area contributed by atoms with Crippen molar-refractivity contribution in [1.29, 1.82) is 0 Å². The third-order valence-corrected chi connectivity index (χ3v) is 3.22. The van der Waals surface area contributed by atoms with Crippen LogP contribution in [0.15, 0.2) is 23.6 Å². The van der Waals surface area contributed by atoms with Crippen molar-refractivity contribution in [3.05, 3.63) is 34.9 Å². The van der Waals surface area contributed by atoms with Crippen LogP contribution in [0.3, 0.4) is 0 Å². The van der Waals surface area contributed by atoms with Gasteiger partial charge >= 0.3 is 5.69 Å². The predicted molar refractivity (Wildman–Crippen MR) is 69.8 cm³/mol. The molecule has 1 aliphatic rings. The van der Waals surface area contributed by atoms with Crippen molar-refractivity contribution >= 4 is 5.82 Å². The Hall–Kier alpha value is -1.74. The number of nitrogen functional groups attached to an aromatic ring is 1. The quantitative estimate of drug-likeness (QED) is 0.478. The number of hydrogen-bond donors (Lipinski definition) is 4. The van der Waals surface area contributed by atoms with E-state index in [-0.39, 0.29) is 5.82 Å². The van der Waals surface area contributed by atoms with Gasteiger partial charge in [-0.2, -0.15) is 4.98 Å². The van der Waals surface area contributed by atoms with Gasteiger partial charge in [0.25, 0.3) is 0 Å². The van der Waals surface area contributed by atoms with Crippen LogP contribution in [-0.4, -0.2) is 49.8 Å². The first kappa shape index (κ1) is 14.7. The first-order valence-electron chi connectivity index (χ1n) is 6.10. The van der Waals surface area contributed by atoms with Gasteiger partial charge in [-0.25, -0.2) is 4.79 Å². The number of hydrogen-bond acceptors (Lipinski definition) is 7. The molecule has 8 heteroatoms. The minimum Gasteiger partial charge on any atom is -0.394 e. The molecule has 1 fully saturated rings. The minimum absolute atomic E-state index is 0.0814. The van der Waals surface area contributed by atoms with Crippen molar-refractivity contribution in [3.8, 4) is 0 Å². The summed E-state index contributed by atoms with van der Waals surface area (Å²) in [7, 11) is 0. The summed E-state index contributed by atoms with van der Waals surface area (Å²) < 4.78 is 6.34. The Morgan fingerprint density at radius 3 is 2.75 bits per heavy atom. The van der Waals surface area contributed by atoms with E-state index >= 15 is 0 Å². The highest BCUT2D eigenvalue weighted by atomic mass is 16.6. The summed E-state index contributed by atoms with van der Waals surface area (Å²) in [5.74, 6) is 0.0814. The largest absolute Gasteiger partial charge is 0.394 e. The SMILES string of the molecule is C=CCc1cn([C@@H]2O[C@H](CO)[C@H](O)[C@H]2O)c(=O)nc1N. The molecule has 0 aromatic carbocycles. The van der Waals surface area contributed by atoms with Gasteiger partial charge in [-0.15, -0.1) is 6.58 Å². The van der Waals surface area contributed by atoms with Crippen molar-refractivity contribution < 1.29 is 20.1 Å². The molecule has 5 N–H and O–H groups in total. The highest BCUT2D eigenvalue weighted by molar-refractivity contribution is 5.38. The standard InChI is InChI=1S/C12H17N3O5/c1-2-3-6-4-15(12(19)14-10(6)13)11-9(18)8(17)7(5-16)20-11/h2,4,7-9,11,16-18H,1,3,5H2,(H2,13,14,19)/t7-,8+,9-,11-/m1/s1. The number of aliphatic hydroxyl groups is 3. The zero-order valence-electron chi connectivity index (χ0n) is 10.7. The van der Waals surface area contributed by atoms with Gasteiger partial charge in [-0.1, -0.05) is 6.08 Å². The summed E-state index contributed by atoms with van der Waals surface area (Å²) in [6.45, 7) is 3.11. The van der Waals surface area contributed by atoms with Crippen LogP contribution in [-0.2, 0) is 11.2 Å². The van der Waals surface area contributed by atoms with E-state index in [4.69, 9.17) is 15.6 Å². The summed E-state index contributed by atoms with van der Waals surface area (Å²) in [5, 5.41) is 28.6. The summed E-state index contributed by atoms with van der Waals surface area (Å²) in [4.78, 5) is 15.5. The first-order chi connectivity index (χ1) is 9.49. The summed E-state index contributed by atoms with van der Waals surface area (Å²) in [5.41, 5.74) is 5.48. The average molecular weight is 283 g/mol. The monoisotopic (exact) mass is 283 g/mol. The number of allylic oxidation sites excluding steroid dienone is 1. The van der Waals surface area contributed by atoms with Crippen LogP contribution in [0.4, 0.5) is 5.82 Å². The molecule has 0 spiro atoms. The average Bonchev–Trinajstić information content (AvgIpc) is 2.70. The maximum Gasteiger partial charge on any atom is 0.351 e. The Bertz CT molecular complexity index is 559. The van der Waals surface area contributed by atoms with Crippen molar-refractivity contribution in [2.24, 2.45) is 0 Å².